The van der Waals surface area contributed by atoms with E-state index in [0.29, 0.717) is 0 Å². The number of hydrogen-bond donors (Lipinski definition) is 2. The van der Waals surface area contributed by atoms with Gasteiger partial charge in [-0.05, 0) is 6.07 Å². The monoisotopic (exact) mass is 252 g/mol. The molecule has 2 N–H and O–H groups in total. The van der Waals surface area contributed by atoms with Crippen molar-refractivity contribution in [2.24, 2.45) is 7.05 Å². The molecule has 2 aromatic rings. The number of nitrogens with zero attached hydrogens (tertiary/aromatic N) is 4. The molecule has 0 saturated heterocycles. The topological polar surface area (TPSA) is 116 Å². The minimum Gasteiger partial charge on any atom is -0.272 e. The summed E-state index contributed by atoms with van der Waals surface area (Å²) >= 11 is 0. The highest BCUT2D eigenvalue weighted by molar-refractivity contribution is 7.92. The lowest BCUT2D eigenvalue weighted by Gasteiger charge is -2.02. The summed E-state index contributed by atoms with van der Waals surface area (Å²) in [5.41, 5.74) is 0.149. The molecular formula is C8H8N6O2S. The van der Waals surface area contributed by atoms with Gasteiger partial charge >= 0.3 is 0 Å². The lowest BCUT2D eigenvalue weighted by Crippen LogP contribution is -2.14. The molecule has 2 rings (SSSR count). The Hall–Kier alpha value is -2.34. The van der Waals surface area contributed by atoms with Crippen LogP contribution in [0.2, 0.25) is 0 Å². The van der Waals surface area contributed by atoms with Gasteiger partial charge in [-0.2, -0.15) is 23.9 Å². The first-order valence-corrected chi connectivity index (χ1v) is 5.97. The van der Waals surface area contributed by atoms with Crippen LogP contribution >= 0.6 is 0 Å². The van der Waals surface area contributed by atoms with E-state index in [1.165, 1.54) is 23.1 Å². The van der Waals surface area contributed by atoms with Gasteiger partial charge in [-0.15, -0.1) is 0 Å². The zero-order chi connectivity index (χ0) is 12.5. The average molecular weight is 252 g/mol. The van der Waals surface area contributed by atoms with Crippen molar-refractivity contribution in [3.05, 3.63) is 24.0 Å². The van der Waals surface area contributed by atoms with Gasteiger partial charge in [0.1, 0.15) is 11.6 Å². The molecule has 9 heteroatoms. The van der Waals surface area contributed by atoms with E-state index in [1.54, 1.807) is 7.05 Å². The predicted molar refractivity (Wildman–Crippen MR) is 57.3 cm³/mol. The van der Waals surface area contributed by atoms with Crippen molar-refractivity contribution in [3.8, 4) is 6.07 Å². The quantitative estimate of drug-likeness (QED) is 0.785. The molecule has 0 atom stereocenters. The molecular weight excluding hydrogens is 244 g/mol. The minimum absolute atomic E-state index is 0.00963. The molecule has 0 bridgehead atoms. The van der Waals surface area contributed by atoms with Gasteiger partial charge in [0.25, 0.3) is 10.0 Å². The normalized spacial score (nSPS) is 11.1. The lowest BCUT2D eigenvalue weighted by molar-refractivity contribution is 0.596. The third-order valence-corrected chi connectivity index (χ3v) is 3.21. The molecule has 2 aromatic heterocycles. The molecule has 2 heterocycles. The number of H-pyrrole nitrogens is 1. The van der Waals surface area contributed by atoms with Gasteiger partial charge < -0.3 is 0 Å². The molecule has 17 heavy (non-hydrogen) atoms. The Morgan fingerprint density at radius 1 is 1.59 bits per heavy atom. The van der Waals surface area contributed by atoms with Crippen molar-refractivity contribution >= 4 is 15.8 Å². The molecule has 0 aliphatic carbocycles. The molecule has 0 fully saturated rings. The van der Waals surface area contributed by atoms with Crippen LogP contribution in [0.25, 0.3) is 0 Å². The van der Waals surface area contributed by atoms with E-state index in [0.717, 1.165) is 0 Å². The number of anilines is 1. The van der Waals surface area contributed by atoms with Crippen LogP contribution in [0.3, 0.4) is 0 Å². The van der Waals surface area contributed by atoms with E-state index < -0.39 is 10.0 Å². The SMILES string of the molecule is Cn1cc(C#N)c(NS(=O)(=O)c2ccn[nH]2)n1. The van der Waals surface area contributed by atoms with Gasteiger partial charge in [0.15, 0.2) is 10.8 Å². The molecule has 0 spiro atoms. The summed E-state index contributed by atoms with van der Waals surface area (Å²) < 4.78 is 27.2. The van der Waals surface area contributed by atoms with Gasteiger partial charge in [0.05, 0.1) is 6.20 Å². The van der Waals surface area contributed by atoms with E-state index in [9.17, 15) is 8.42 Å². The van der Waals surface area contributed by atoms with Gasteiger partial charge in [0.2, 0.25) is 0 Å². The molecule has 0 radical (unpaired) electrons. The fourth-order valence-corrected chi connectivity index (χ4v) is 2.15. The highest BCUT2D eigenvalue weighted by Crippen LogP contribution is 2.15. The van der Waals surface area contributed by atoms with Crippen LogP contribution in [0, 0.1) is 11.3 Å². The van der Waals surface area contributed by atoms with Crippen LogP contribution in [0.1, 0.15) is 5.56 Å². The molecule has 0 aliphatic heterocycles. The number of hydrogen-bond acceptors (Lipinski definition) is 5. The van der Waals surface area contributed by atoms with Crippen molar-refractivity contribution < 1.29 is 8.42 Å². The second-order valence-corrected chi connectivity index (χ2v) is 4.85. The molecule has 0 aromatic carbocycles. The van der Waals surface area contributed by atoms with E-state index in [1.807, 2.05) is 6.07 Å². The summed E-state index contributed by atoms with van der Waals surface area (Å²) in [4.78, 5) is 0. The van der Waals surface area contributed by atoms with Crippen LogP contribution in [0.15, 0.2) is 23.5 Å². The highest BCUT2D eigenvalue weighted by atomic mass is 32.2. The maximum Gasteiger partial charge on any atom is 0.280 e. The lowest BCUT2D eigenvalue weighted by atomic mass is 10.4. The molecule has 0 saturated carbocycles. The molecule has 8 nitrogen and oxygen atoms in total. The van der Waals surface area contributed by atoms with Gasteiger partial charge in [-0.1, -0.05) is 0 Å². The summed E-state index contributed by atoms with van der Waals surface area (Å²) in [5.74, 6) is -0.00963. The first kappa shape index (κ1) is 11.2. The number of aromatic nitrogens is 4. The van der Waals surface area contributed by atoms with Crippen LogP contribution in [-0.2, 0) is 17.1 Å². The number of aryl methyl sites for hydroxylation is 1. The third kappa shape index (κ3) is 2.11. The number of nitriles is 1. The first-order valence-electron chi connectivity index (χ1n) is 4.49. The summed E-state index contributed by atoms with van der Waals surface area (Å²) in [5, 5.41) is 18.4. The van der Waals surface area contributed by atoms with E-state index in [-0.39, 0.29) is 16.4 Å². The first-order chi connectivity index (χ1) is 8.03. The number of nitrogens with one attached hydrogen (secondary N) is 2. The van der Waals surface area contributed by atoms with E-state index in [4.69, 9.17) is 5.26 Å². The number of sulfonamides is 1. The van der Waals surface area contributed by atoms with E-state index in [2.05, 4.69) is 20.0 Å². The Kier molecular flexibility index (Phi) is 2.57. The number of aromatic amines is 1. The summed E-state index contributed by atoms with van der Waals surface area (Å²) in [6, 6.07) is 3.15. The Morgan fingerprint density at radius 3 is 2.94 bits per heavy atom. The maximum atomic E-state index is 11.8. The van der Waals surface area contributed by atoms with Gasteiger partial charge in [-0.25, -0.2) is 0 Å². The van der Waals surface area contributed by atoms with Gasteiger partial charge in [-0.3, -0.25) is 14.5 Å². The Balaban J connectivity index is 2.37. The van der Waals surface area contributed by atoms with Crippen LogP contribution in [-0.4, -0.2) is 28.4 Å². The summed E-state index contributed by atoms with van der Waals surface area (Å²) in [6.45, 7) is 0. The van der Waals surface area contributed by atoms with Crippen LogP contribution in [0.4, 0.5) is 5.82 Å². The second kappa shape index (κ2) is 3.91. The van der Waals surface area contributed by atoms with Crippen molar-refractivity contribution in [1.29, 1.82) is 5.26 Å². The van der Waals surface area contributed by atoms with Crippen LogP contribution in [0.5, 0.6) is 0 Å². The fraction of sp³-hybridized carbons (Fsp3) is 0.125. The Bertz CT molecular complexity index is 663. The average Bonchev–Trinajstić information content (AvgIpc) is 2.86. The highest BCUT2D eigenvalue weighted by Gasteiger charge is 2.19. The standard InChI is InChI=1S/C8H8N6O2S/c1-14-5-6(4-9)8(12-14)13-17(15,16)7-2-3-10-11-7/h2-3,5H,1H3,(H,10,11)(H,12,13). The number of rotatable bonds is 3. The molecule has 0 amide bonds. The van der Waals surface area contributed by atoms with Crippen molar-refractivity contribution in [1.82, 2.24) is 20.0 Å². The zero-order valence-corrected chi connectivity index (χ0v) is 9.56. The second-order valence-electron chi connectivity index (χ2n) is 3.20. The van der Waals surface area contributed by atoms with Crippen molar-refractivity contribution in [2.75, 3.05) is 4.72 Å². The summed E-state index contributed by atoms with van der Waals surface area (Å²) in [7, 11) is -2.19. The minimum atomic E-state index is -3.78. The largest absolute Gasteiger partial charge is 0.280 e. The van der Waals surface area contributed by atoms with E-state index >= 15 is 0 Å². The molecule has 88 valence electrons. The fourth-order valence-electron chi connectivity index (χ4n) is 1.22. The van der Waals surface area contributed by atoms with Gasteiger partial charge in [0, 0.05) is 13.2 Å². The summed E-state index contributed by atoms with van der Waals surface area (Å²) in [6.07, 6.45) is 2.74. The predicted octanol–water partition coefficient (Wildman–Crippen LogP) is -0.184. The molecule has 0 unspecified atom stereocenters. The smallest absolute Gasteiger partial charge is 0.272 e. The maximum absolute atomic E-state index is 11.8. The van der Waals surface area contributed by atoms with Crippen molar-refractivity contribution in [2.45, 2.75) is 5.03 Å². The van der Waals surface area contributed by atoms with Crippen LogP contribution < -0.4 is 4.72 Å². The Labute approximate surface area is 96.9 Å². The zero-order valence-electron chi connectivity index (χ0n) is 8.75. The molecule has 0 aliphatic rings. The Morgan fingerprint density at radius 2 is 2.35 bits per heavy atom. The third-order valence-electron chi connectivity index (χ3n) is 1.94. The van der Waals surface area contributed by atoms with Crippen molar-refractivity contribution in [3.63, 3.8) is 0 Å².